The Morgan fingerprint density at radius 2 is 2.04 bits per heavy atom. The normalized spacial score (nSPS) is 31.0. The summed E-state index contributed by atoms with van der Waals surface area (Å²) in [7, 11) is 2.97. The summed E-state index contributed by atoms with van der Waals surface area (Å²) in [4.78, 5) is 25.9. The van der Waals surface area contributed by atoms with Crippen LogP contribution in [-0.4, -0.2) is 36.5 Å². The van der Waals surface area contributed by atoms with E-state index in [-0.39, 0.29) is 29.2 Å². The van der Waals surface area contributed by atoms with E-state index in [0.29, 0.717) is 17.7 Å². The molecule has 1 N–H and O–H groups in total. The highest BCUT2D eigenvalue weighted by Crippen LogP contribution is 2.54. The van der Waals surface area contributed by atoms with Crippen molar-refractivity contribution in [3.8, 4) is 11.5 Å². The second-order valence-corrected chi connectivity index (χ2v) is 6.61. The van der Waals surface area contributed by atoms with Crippen LogP contribution in [0, 0.1) is 11.8 Å². The number of benzene rings is 1. The van der Waals surface area contributed by atoms with Crippen molar-refractivity contribution in [3.63, 3.8) is 0 Å². The van der Waals surface area contributed by atoms with E-state index in [2.05, 4.69) is 6.58 Å². The van der Waals surface area contributed by atoms with E-state index in [1.807, 2.05) is 6.92 Å². The Kier molecular flexibility index (Phi) is 4.29. The lowest BCUT2D eigenvalue weighted by Gasteiger charge is -2.30. The molecule has 0 heterocycles. The number of hydrogen-bond donors (Lipinski definition) is 1. The van der Waals surface area contributed by atoms with Gasteiger partial charge < -0.3 is 14.6 Å². The molecule has 5 nitrogen and oxygen atoms in total. The minimum absolute atomic E-state index is 0.0180. The van der Waals surface area contributed by atoms with Gasteiger partial charge in [0.25, 0.3) is 0 Å². The molecule has 5 heteroatoms. The summed E-state index contributed by atoms with van der Waals surface area (Å²) in [6.07, 6.45) is 3.75. The van der Waals surface area contributed by atoms with Gasteiger partial charge in [-0.2, -0.15) is 0 Å². The third-order valence-electron chi connectivity index (χ3n) is 5.52. The van der Waals surface area contributed by atoms with Crippen LogP contribution in [0.15, 0.2) is 42.5 Å². The van der Waals surface area contributed by atoms with Crippen molar-refractivity contribution < 1.29 is 24.2 Å². The number of phenols is 1. The fourth-order valence-electron chi connectivity index (χ4n) is 4.24. The Hall–Kier alpha value is -2.40. The Labute approximate surface area is 146 Å². The number of Topliss-reactive ketones (excluding diaryl/α,β-unsaturated/α-hetero) is 2. The van der Waals surface area contributed by atoms with Crippen LogP contribution in [0.25, 0.3) is 0 Å². The molecule has 3 unspecified atom stereocenters. The molecule has 1 aromatic rings. The number of fused-ring (bicyclic) bond motifs is 2. The summed E-state index contributed by atoms with van der Waals surface area (Å²) in [5.41, 5.74) is 0.245. The standard InChI is InChI=1S/C20H22O5/c1-5-6-13-10-20(25-4)11(2)16(17(18(13)22)19(20)23)12-7-8-14(21)15(9-12)24-3/h5,7-11,16-17,21H,1,6H2,2-4H3/t11-,16?,17?,20?/m1/s1. The van der Waals surface area contributed by atoms with Gasteiger partial charge in [0, 0.05) is 18.9 Å². The third-order valence-corrected chi connectivity index (χ3v) is 5.52. The molecule has 1 saturated carbocycles. The minimum Gasteiger partial charge on any atom is -0.504 e. The molecular weight excluding hydrogens is 320 g/mol. The van der Waals surface area contributed by atoms with Crippen molar-refractivity contribution >= 4 is 11.6 Å². The summed E-state index contributed by atoms with van der Waals surface area (Å²) in [6.45, 7) is 5.62. The van der Waals surface area contributed by atoms with Crippen LogP contribution >= 0.6 is 0 Å². The van der Waals surface area contributed by atoms with Crippen molar-refractivity contribution in [1.82, 2.24) is 0 Å². The van der Waals surface area contributed by atoms with E-state index >= 15 is 0 Å². The van der Waals surface area contributed by atoms with Gasteiger partial charge in [-0.25, -0.2) is 0 Å². The monoisotopic (exact) mass is 342 g/mol. The van der Waals surface area contributed by atoms with Crippen molar-refractivity contribution in [1.29, 1.82) is 0 Å². The maximum atomic E-state index is 13.0. The van der Waals surface area contributed by atoms with Crippen molar-refractivity contribution in [2.45, 2.75) is 24.9 Å². The molecule has 2 aliphatic carbocycles. The second-order valence-electron chi connectivity index (χ2n) is 6.61. The number of carbonyl (C=O) groups excluding carboxylic acids is 2. The lowest BCUT2D eigenvalue weighted by atomic mass is 9.80. The van der Waals surface area contributed by atoms with Gasteiger partial charge >= 0.3 is 0 Å². The number of phenolic OH excluding ortho intramolecular Hbond substituents is 1. The number of rotatable bonds is 5. The molecular formula is C20H22O5. The molecule has 0 amide bonds. The predicted molar refractivity (Wildman–Crippen MR) is 92.7 cm³/mol. The molecule has 3 rings (SSSR count). The summed E-state index contributed by atoms with van der Waals surface area (Å²) in [5.74, 6) is -1.38. The highest BCUT2D eigenvalue weighted by Gasteiger charge is 2.63. The van der Waals surface area contributed by atoms with Gasteiger partial charge in [0.2, 0.25) is 0 Å². The Morgan fingerprint density at radius 1 is 1.32 bits per heavy atom. The average molecular weight is 342 g/mol. The first-order chi connectivity index (χ1) is 11.9. The molecule has 0 aliphatic heterocycles. The van der Waals surface area contributed by atoms with Crippen molar-refractivity contribution in [3.05, 3.63) is 48.1 Å². The number of ketones is 2. The van der Waals surface area contributed by atoms with E-state index in [1.54, 1.807) is 24.3 Å². The first-order valence-electron chi connectivity index (χ1n) is 8.24. The van der Waals surface area contributed by atoms with Crippen LogP contribution in [0.4, 0.5) is 0 Å². The second kappa shape index (κ2) is 6.15. The Bertz CT molecular complexity index is 778. The van der Waals surface area contributed by atoms with Gasteiger partial charge in [-0.05, 0) is 35.8 Å². The van der Waals surface area contributed by atoms with Crippen LogP contribution in [0.3, 0.4) is 0 Å². The average Bonchev–Trinajstić information content (AvgIpc) is 2.76. The van der Waals surface area contributed by atoms with Gasteiger partial charge in [0.1, 0.15) is 5.60 Å². The maximum absolute atomic E-state index is 13.0. The quantitative estimate of drug-likeness (QED) is 0.658. The number of ether oxygens (including phenoxy) is 2. The lowest BCUT2D eigenvalue weighted by Crippen LogP contribution is -2.45. The zero-order valence-electron chi connectivity index (χ0n) is 14.6. The third kappa shape index (κ3) is 2.34. The van der Waals surface area contributed by atoms with Crippen LogP contribution < -0.4 is 4.74 Å². The SMILES string of the molecule is C=CCC1=CC2(OC)C(=O)C(C1=O)C(c1ccc(O)c(OC)c1)[C@H]2C. The van der Waals surface area contributed by atoms with Gasteiger partial charge in [0.15, 0.2) is 23.1 Å². The number of hydrogen-bond acceptors (Lipinski definition) is 5. The minimum atomic E-state index is -1.10. The fraction of sp³-hybridized carbons (Fsp3) is 0.400. The summed E-state index contributed by atoms with van der Waals surface area (Å²) < 4.78 is 10.8. The van der Waals surface area contributed by atoms with Gasteiger partial charge in [-0.15, -0.1) is 6.58 Å². The van der Waals surface area contributed by atoms with Crippen LogP contribution in [0.2, 0.25) is 0 Å². The molecule has 0 spiro atoms. The van der Waals surface area contributed by atoms with Gasteiger partial charge in [0.05, 0.1) is 13.0 Å². The number of carbonyl (C=O) groups is 2. The zero-order chi connectivity index (χ0) is 18.4. The van der Waals surface area contributed by atoms with Crippen LogP contribution in [0.1, 0.15) is 24.8 Å². The molecule has 1 fully saturated rings. The molecule has 4 atom stereocenters. The largest absolute Gasteiger partial charge is 0.504 e. The molecule has 2 aliphatic rings. The smallest absolute Gasteiger partial charge is 0.180 e. The van der Waals surface area contributed by atoms with E-state index < -0.39 is 11.5 Å². The number of methoxy groups -OCH3 is 2. The lowest BCUT2D eigenvalue weighted by molar-refractivity contribution is -0.141. The zero-order valence-corrected chi connectivity index (χ0v) is 14.6. The first kappa shape index (κ1) is 17.4. The Balaban J connectivity index is 2.14. The highest BCUT2D eigenvalue weighted by atomic mass is 16.5. The Morgan fingerprint density at radius 3 is 2.64 bits per heavy atom. The van der Waals surface area contributed by atoms with E-state index in [0.717, 1.165) is 5.56 Å². The summed E-state index contributed by atoms with van der Waals surface area (Å²) in [5, 5.41) is 9.84. The number of allylic oxidation sites excluding steroid dienone is 2. The van der Waals surface area contributed by atoms with Gasteiger partial charge in [-0.1, -0.05) is 19.1 Å². The van der Waals surface area contributed by atoms with Crippen molar-refractivity contribution in [2.24, 2.45) is 11.8 Å². The van der Waals surface area contributed by atoms with Crippen molar-refractivity contribution in [2.75, 3.05) is 14.2 Å². The van der Waals surface area contributed by atoms with E-state index in [1.165, 1.54) is 20.3 Å². The molecule has 0 radical (unpaired) electrons. The predicted octanol–water partition coefficient (Wildman–Crippen LogP) is 2.79. The molecule has 1 aromatic carbocycles. The molecule has 0 aromatic heterocycles. The first-order valence-corrected chi connectivity index (χ1v) is 8.24. The summed E-state index contributed by atoms with van der Waals surface area (Å²) in [6, 6.07) is 4.95. The highest BCUT2D eigenvalue weighted by molar-refractivity contribution is 6.19. The maximum Gasteiger partial charge on any atom is 0.180 e. The van der Waals surface area contributed by atoms with E-state index in [9.17, 15) is 14.7 Å². The van der Waals surface area contributed by atoms with Crippen LogP contribution in [0.5, 0.6) is 11.5 Å². The van der Waals surface area contributed by atoms with Gasteiger partial charge in [-0.3, -0.25) is 9.59 Å². The molecule has 0 saturated heterocycles. The molecule has 25 heavy (non-hydrogen) atoms. The topological polar surface area (TPSA) is 72.8 Å². The number of aromatic hydroxyl groups is 1. The fourth-order valence-corrected chi connectivity index (χ4v) is 4.24. The van der Waals surface area contributed by atoms with E-state index in [4.69, 9.17) is 9.47 Å². The summed E-state index contributed by atoms with van der Waals surface area (Å²) >= 11 is 0. The molecule has 132 valence electrons. The molecule has 2 bridgehead atoms. The van der Waals surface area contributed by atoms with Crippen LogP contribution in [-0.2, 0) is 14.3 Å².